The van der Waals surface area contributed by atoms with Gasteiger partial charge in [-0.2, -0.15) is 0 Å². The second-order valence-electron chi connectivity index (χ2n) is 10.1. The molecule has 0 saturated heterocycles. The lowest BCUT2D eigenvalue weighted by atomic mass is 9.76. The van der Waals surface area contributed by atoms with E-state index < -0.39 is 16.8 Å². The van der Waals surface area contributed by atoms with Crippen LogP contribution in [0.4, 0.5) is 4.39 Å². The first-order valence-electron chi connectivity index (χ1n) is 11.9. The van der Waals surface area contributed by atoms with Gasteiger partial charge in [-0.3, -0.25) is 9.59 Å². The molecule has 4 rings (SSSR count). The fourth-order valence-electron chi connectivity index (χ4n) is 3.91. The number of nitrogens with one attached hydrogen (secondary N) is 2. The maximum atomic E-state index is 16.2. The van der Waals surface area contributed by atoms with Crippen molar-refractivity contribution in [1.29, 1.82) is 0 Å². The van der Waals surface area contributed by atoms with E-state index in [1.165, 1.54) is 4.57 Å². The first kappa shape index (κ1) is 26.6. The number of hydrogen-bond acceptors (Lipinski definition) is 6. The van der Waals surface area contributed by atoms with Crippen LogP contribution in [0.15, 0.2) is 35.4 Å². The summed E-state index contributed by atoms with van der Waals surface area (Å²) in [6, 6.07) is 5.16. The third kappa shape index (κ3) is 4.55. The molecule has 37 heavy (non-hydrogen) atoms. The molecular formula is C27H31FN4O4S. The number of ether oxygens (including phenoxy) is 1. The maximum absolute atomic E-state index is 16.2. The van der Waals surface area contributed by atoms with E-state index in [0.717, 1.165) is 11.3 Å². The van der Waals surface area contributed by atoms with Crippen LogP contribution in [0.2, 0.25) is 0 Å². The lowest BCUT2D eigenvalue weighted by Gasteiger charge is -2.36. The van der Waals surface area contributed by atoms with Crippen LogP contribution >= 0.6 is 11.3 Å². The number of pyridine rings is 2. The number of H-pyrrole nitrogens is 1. The number of aromatic nitrogens is 3. The van der Waals surface area contributed by atoms with Crippen molar-refractivity contribution in [3.8, 4) is 22.1 Å². The van der Waals surface area contributed by atoms with Crippen LogP contribution in [-0.4, -0.2) is 37.7 Å². The van der Waals surface area contributed by atoms with Crippen molar-refractivity contribution in [3.05, 3.63) is 62.9 Å². The number of hydrogen-bond donors (Lipinski definition) is 3. The van der Waals surface area contributed by atoms with Gasteiger partial charge in [0.25, 0.3) is 11.5 Å². The molecular weight excluding hydrogens is 495 g/mol. The standard InChI is InChI=1S/C27H31FN4O4S/c1-8-29-23(33)17-12-15-16(13-32(7)25(34)19(15)31-17)21-20(36-24-14(2)10-9-11-30-24)18(28)22(37-21)26(3,4)27(5,6)35/h9-13,31,35H,8H2,1-7H3,(H,29,33). The number of carbonyl (C=O) groups excluding carboxylic acids is 1. The topological polar surface area (TPSA) is 109 Å². The van der Waals surface area contributed by atoms with E-state index in [-0.39, 0.29) is 34.3 Å². The van der Waals surface area contributed by atoms with E-state index >= 15 is 4.39 Å². The number of carbonyl (C=O) groups is 1. The summed E-state index contributed by atoms with van der Waals surface area (Å²) in [5.41, 5.74) is -0.904. The van der Waals surface area contributed by atoms with E-state index in [9.17, 15) is 14.7 Å². The third-order valence-corrected chi connectivity index (χ3v) is 8.36. The van der Waals surface area contributed by atoms with Gasteiger partial charge in [0, 0.05) is 47.9 Å². The molecule has 4 aromatic heterocycles. The van der Waals surface area contributed by atoms with Crippen LogP contribution in [0.5, 0.6) is 11.6 Å². The maximum Gasteiger partial charge on any atom is 0.274 e. The van der Waals surface area contributed by atoms with Crippen molar-refractivity contribution in [1.82, 2.24) is 19.9 Å². The summed E-state index contributed by atoms with van der Waals surface area (Å²) in [4.78, 5) is 33.4. The van der Waals surface area contributed by atoms with E-state index in [4.69, 9.17) is 4.74 Å². The van der Waals surface area contributed by atoms with Crippen molar-refractivity contribution in [2.24, 2.45) is 7.05 Å². The molecule has 1 amide bonds. The Morgan fingerprint density at radius 1 is 1.32 bits per heavy atom. The van der Waals surface area contributed by atoms with Gasteiger partial charge in [0.05, 0.1) is 15.4 Å². The van der Waals surface area contributed by atoms with Crippen LogP contribution in [0.25, 0.3) is 21.3 Å². The summed E-state index contributed by atoms with van der Waals surface area (Å²) in [6.07, 6.45) is 3.16. The number of rotatable bonds is 7. The van der Waals surface area contributed by atoms with Crippen LogP contribution in [-0.2, 0) is 12.5 Å². The van der Waals surface area contributed by atoms with Crippen LogP contribution in [0, 0.1) is 12.7 Å². The molecule has 0 saturated carbocycles. The van der Waals surface area contributed by atoms with Crippen LogP contribution in [0.1, 0.15) is 55.5 Å². The fraction of sp³-hybridized carbons (Fsp3) is 0.370. The molecule has 196 valence electrons. The second-order valence-corrected chi connectivity index (χ2v) is 11.1. The highest BCUT2D eigenvalue weighted by Crippen LogP contribution is 2.51. The lowest BCUT2D eigenvalue weighted by Crippen LogP contribution is -2.42. The number of thiophene rings is 1. The van der Waals surface area contributed by atoms with Gasteiger partial charge in [-0.25, -0.2) is 9.37 Å². The van der Waals surface area contributed by atoms with Gasteiger partial charge in [0.1, 0.15) is 11.2 Å². The minimum Gasteiger partial charge on any atom is -0.434 e. The Morgan fingerprint density at radius 2 is 2.03 bits per heavy atom. The number of fused-ring (bicyclic) bond motifs is 1. The van der Waals surface area contributed by atoms with Crippen molar-refractivity contribution < 1.29 is 19.0 Å². The first-order chi connectivity index (χ1) is 17.3. The number of aromatic amines is 1. The summed E-state index contributed by atoms with van der Waals surface area (Å²) < 4.78 is 23.7. The van der Waals surface area contributed by atoms with Crippen molar-refractivity contribution >= 4 is 28.1 Å². The zero-order valence-electron chi connectivity index (χ0n) is 21.9. The monoisotopic (exact) mass is 526 g/mol. The van der Waals surface area contributed by atoms with E-state index in [1.807, 2.05) is 13.0 Å². The SMILES string of the molecule is CCNC(=O)c1cc2c(-c3sc(C(C)(C)C(C)(C)O)c(F)c3Oc3ncccc3C)cn(C)c(=O)c2[nH]1. The van der Waals surface area contributed by atoms with Gasteiger partial charge >= 0.3 is 0 Å². The van der Waals surface area contributed by atoms with Gasteiger partial charge in [-0.15, -0.1) is 11.3 Å². The van der Waals surface area contributed by atoms with Gasteiger partial charge in [0.15, 0.2) is 11.6 Å². The molecule has 0 fully saturated rings. The van der Waals surface area contributed by atoms with E-state index in [0.29, 0.717) is 32.8 Å². The summed E-state index contributed by atoms with van der Waals surface area (Å²) >= 11 is 1.14. The number of aryl methyl sites for hydroxylation is 2. The van der Waals surface area contributed by atoms with Crippen molar-refractivity contribution in [2.45, 2.75) is 52.6 Å². The summed E-state index contributed by atoms with van der Waals surface area (Å²) in [5.74, 6) is -0.779. The van der Waals surface area contributed by atoms with E-state index in [1.54, 1.807) is 66.2 Å². The molecule has 3 N–H and O–H groups in total. The predicted molar refractivity (Wildman–Crippen MR) is 143 cm³/mol. The molecule has 8 nitrogen and oxygen atoms in total. The minimum absolute atomic E-state index is 0.0557. The number of nitrogens with zero attached hydrogens (tertiary/aromatic N) is 2. The average Bonchev–Trinajstić information content (AvgIpc) is 3.40. The third-order valence-electron chi connectivity index (χ3n) is 6.86. The minimum atomic E-state index is -1.26. The summed E-state index contributed by atoms with van der Waals surface area (Å²) in [7, 11) is 1.59. The van der Waals surface area contributed by atoms with Gasteiger partial charge in [0.2, 0.25) is 5.88 Å². The Balaban J connectivity index is 2.04. The molecule has 0 bridgehead atoms. The highest BCUT2D eigenvalue weighted by molar-refractivity contribution is 7.16. The van der Waals surface area contributed by atoms with Crippen molar-refractivity contribution in [2.75, 3.05) is 6.54 Å². The van der Waals surface area contributed by atoms with Gasteiger partial charge < -0.3 is 24.7 Å². The molecule has 10 heteroatoms. The fourth-order valence-corrected chi connectivity index (χ4v) is 5.30. The van der Waals surface area contributed by atoms with Gasteiger partial charge in [-0.1, -0.05) is 19.9 Å². The predicted octanol–water partition coefficient (Wildman–Crippen LogP) is 5.03. The molecule has 0 radical (unpaired) electrons. The Kier molecular flexibility index (Phi) is 6.76. The highest BCUT2D eigenvalue weighted by atomic mass is 32.1. The second kappa shape index (κ2) is 9.42. The van der Waals surface area contributed by atoms with Gasteiger partial charge in [-0.05, 0) is 39.8 Å². The molecule has 0 aliphatic heterocycles. The van der Waals surface area contributed by atoms with E-state index in [2.05, 4.69) is 15.3 Å². The molecule has 4 aromatic rings. The zero-order valence-corrected chi connectivity index (χ0v) is 22.8. The quantitative estimate of drug-likeness (QED) is 0.313. The Bertz CT molecular complexity index is 1560. The Hall–Kier alpha value is -3.50. The normalized spacial score (nSPS) is 12.2. The number of aliphatic hydroxyl groups is 1. The zero-order chi connectivity index (χ0) is 27.3. The molecule has 4 heterocycles. The molecule has 0 aliphatic carbocycles. The Labute approximate surface area is 218 Å². The molecule has 0 aliphatic rings. The smallest absolute Gasteiger partial charge is 0.274 e. The summed E-state index contributed by atoms with van der Waals surface area (Å²) in [6.45, 7) is 10.8. The van der Waals surface area contributed by atoms with Crippen molar-refractivity contribution in [3.63, 3.8) is 0 Å². The highest BCUT2D eigenvalue weighted by Gasteiger charge is 2.42. The van der Waals surface area contributed by atoms with Crippen LogP contribution < -0.4 is 15.6 Å². The van der Waals surface area contributed by atoms with Crippen LogP contribution in [0.3, 0.4) is 0 Å². The average molecular weight is 527 g/mol. The largest absolute Gasteiger partial charge is 0.434 e. The molecule has 0 aromatic carbocycles. The Morgan fingerprint density at radius 3 is 2.65 bits per heavy atom. The lowest BCUT2D eigenvalue weighted by molar-refractivity contribution is 0.00974. The molecule has 0 unspecified atom stereocenters. The molecule has 0 spiro atoms. The number of halogens is 1. The summed E-state index contributed by atoms with van der Waals surface area (Å²) in [5, 5.41) is 14.1. The first-order valence-corrected chi connectivity index (χ1v) is 12.7. The molecule has 0 atom stereocenters. The number of amides is 1.